The molecule has 2 aliphatic rings. The highest BCUT2D eigenvalue weighted by Crippen LogP contribution is 2.49. The molecule has 0 unspecified atom stereocenters. The summed E-state index contributed by atoms with van der Waals surface area (Å²) in [5, 5.41) is 3.21. The molecule has 2 heteroatoms. The van der Waals surface area contributed by atoms with E-state index in [0.717, 1.165) is 23.0 Å². The molecular formula is C17H23NO. The lowest BCUT2D eigenvalue weighted by Crippen LogP contribution is -2.40. The molecule has 0 aromatic heterocycles. The van der Waals surface area contributed by atoms with Crippen LogP contribution in [-0.2, 0) is 0 Å². The van der Waals surface area contributed by atoms with Gasteiger partial charge >= 0.3 is 0 Å². The Morgan fingerprint density at radius 2 is 2.16 bits per heavy atom. The Kier molecular flexibility index (Phi) is 3.34. The average Bonchev–Trinajstić information content (AvgIpc) is 3.00. The molecule has 102 valence electrons. The minimum Gasteiger partial charge on any atom is -0.349 e. The quantitative estimate of drug-likeness (QED) is 0.881. The maximum Gasteiger partial charge on any atom is 0.251 e. The molecule has 2 nitrogen and oxygen atoms in total. The lowest BCUT2D eigenvalue weighted by Gasteiger charge is -2.28. The smallest absolute Gasteiger partial charge is 0.251 e. The Morgan fingerprint density at radius 1 is 1.32 bits per heavy atom. The molecule has 2 fully saturated rings. The summed E-state index contributed by atoms with van der Waals surface area (Å²) < 4.78 is 0. The second kappa shape index (κ2) is 4.99. The minimum absolute atomic E-state index is 0.0824. The first kappa shape index (κ1) is 12.7. The third-order valence-corrected chi connectivity index (χ3v) is 5.07. The van der Waals surface area contributed by atoms with Gasteiger partial charge in [-0.2, -0.15) is 0 Å². The van der Waals surface area contributed by atoms with Gasteiger partial charge in [-0.3, -0.25) is 4.79 Å². The van der Waals surface area contributed by atoms with E-state index >= 15 is 0 Å². The molecule has 1 aromatic carbocycles. The summed E-state index contributed by atoms with van der Waals surface area (Å²) in [6.07, 6.45) is 5.51. The number of benzene rings is 1. The normalized spacial score (nSPS) is 30.3. The molecule has 0 radical (unpaired) electrons. The Balaban J connectivity index is 1.63. The van der Waals surface area contributed by atoms with Gasteiger partial charge in [0.15, 0.2) is 0 Å². The first-order valence-electron chi connectivity index (χ1n) is 7.51. The topological polar surface area (TPSA) is 29.1 Å². The molecule has 0 spiro atoms. The van der Waals surface area contributed by atoms with Crippen molar-refractivity contribution < 1.29 is 4.79 Å². The minimum atomic E-state index is 0.0824. The highest BCUT2D eigenvalue weighted by atomic mass is 16.1. The zero-order valence-electron chi connectivity index (χ0n) is 11.9. The maximum absolute atomic E-state index is 12.3. The van der Waals surface area contributed by atoms with Gasteiger partial charge in [0, 0.05) is 11.6 Å². The maximum atomic E-state index is 12.3. The van der Waals surface area contributed by atoms with Gasteiger partial charge in [0.25, 0.3) is 5.91 Å². The number of carbonyl (C=O) groups excluding carboxylic acids is 1. The average molecular weight is 257 g/mol. The summed E-state index contributed by atoms with van der Waals surface area (Å²) in [5.74, 6) is 2.58. The fraction of sp³-hybridized carbons (Fsp3) is 0.588. The summed E-state index contributed by atoms with van der Waals surface area (Å²) in [4.78, 5) is 12.3. The summed E-state index contributed by atoms with van der Waals surface area (Å²) in [6.45, 7) is 4.20. The molecule has 3 rings (SSSR count). The molecule has 2 aliphatic carbocycles. The van der Waals surface area contributed by atoms with Gasteiger partial charge in [-0.25, -0.2) is 0 Å². The first-order chi connectivity index (χ1) is 9.13. The van der Waals surface area contributed by atoms with Gasteiger partial charge in [0.2, 0.25) is 0 Å². The van der Waals surface area contributed by atoms with Gasteiger partial charge in [0.05, 0.1) is 0 Å². The summed E-state index contributed by atoms with van der Waals surface area (Å²) in [5.41, 5.74) is 1.93. The van der Waals surface area contributed by atoms with Crippen LogP contribution in [0, 0.1) is 24.7 Å². The summed E-state index contributed by atoms with van der Waals surface area (Å²) >= 11 is 0. The van der Waals surface area contributed by atoms with Crippen molar-refractivity contribution in [2.45, 2.75) is 45.6 Å². The van der Waals surface area contributed by atoms with E-state index in [2.05, 4.69) is 12.2 Å². The van der Waals surface area contributed by atoms with E-state index in [1.807, 2.05) is 31.2 Å². The number of aryl methyl sites for hydroxylation is 1. The largest absolute Gasteiger partial charge is 0.349 e. The van der Waals surface area contributed by atoms with E-state index in [1.54, 1.807) is 0 Å². The number of fused-ring (bicyclic) bond motifs is 2. The number of amides is 1. The molecule has 4 atom stereocenters. The van der Waals surface area contributed by atoms with Crippen molar-refractivity contribution in [1.82, 2.24) is 5.32 Å². The number of hydrogen-bond donors (Lipinski definition) is 1. The molecule has 0 aliphatic heterocycles. The van der Waals surface area contributed by atoms with Crippen LogP contribution in [0.15, 0.2) is 24.3 Å². The van der Waals surface area contributed by atoms with Crippen LogP contribution in [-0.4, -0.2) is 11.9 Å². The fourth-order valence-electron chi connectivity index (χ4n) is 4.09. The van der Waals surface area contributed by atoms with Crippen LogP contribution < -0.4 is 5.32 Å². The molecule has 1 N–H and O–H groups in total. The SMILES string of the molecule is Cc1cccc(C(=O)N[C@@H](C)[C@H]2C[C@H]3CC[C@H]2C3)c1. The van der Waals surface area contributed by atoms with Gasteiger partial charge in [-0.15, -0.1) is 0 Å². The van der Waals surface area contributed by atoms with Crippen LogP contribution in [0.3, 0.4) is 0 Å². The molecule has 19 heavy (non-hydrogen) atoms. The molecule has 1 aromatic rings. The summed E-state index contributed by atoms with van der Waals surface area (Å²) in [6, 6.07) is 8.14. The van der Waals surface area contributed by atoms with Crippen LogP contribution in [0.4, 0.5) is 0 Å². The Hall–Kier alpha value is -1.31. The zero-order chi connectivity index (χ0) is 13.4. The second-order valence-electron chi connectivity index (χ2n) is 6.47. The third kappa shape index (κ3) is 2.54. The van der Waals surface area contributed by atoms with E-state index in [9.17, 15) is 4.79 Å². The molecule has 0 heterocycles. The third-order valence-electron chi connectivity index (χ3n) is 5.07. The van der Waals surface area contributed by atoms with Crippen molar-refractivity contribution in [3.8, 4) is 0 Å². The first-order valence-corrected chi connectivity index (χ1v) is 7.51. The molecule has 0 saturated heterocycles. The van der Waals surface area contributed by atoms with Crippen molar-refractivity contribution in [3.05, 3.63) is 35.4 Å². The number of rotatable bonds is 3. The predicted octanol–water partition coefficient (Wildman–Crippen LogP) is 3.55. The van der Waals surface area contributed by atoms with Crippen molar-refractivity contribution in [2.24, 2.45) is 17.8 Å². The van der Waals surface area contributed by atoms with Gasteiger partial charge < -0.3 is 5.32 Å². The predicted molar refractivity (Wildman–Crippen MR) is 77.0 cm³/mol. The molecule has 1 amide bonds. The number of nitrogens with one attached hydrogen (secondary N) is 1. The van der Waals surface area contributed by atoms with Crippen LogP contribution >= 0.6 is 0 Å². The Bertz CT molecular complexity index is 482. The highest BCUT2D eigenvalue weighted by molar-refractivity contribution is 5.94. The Morgan fingerprint density at radius 3 is 2.79 bits per heavy atom. The zero-order valence-corrected chi connectivity index (χ0v) is 11.9. The van der Waals surface area contributed by atoms with E-state index in [0.29, 0.717) is 12.0 Å². The highest BCUT2D eigenvalue weighted by Gasteiger charge is 2.42. The fourth-order valence-corrected chi connectivity index (χ4v) is 4.09. The van der Waals surface area contributed by atoms with Gasteiger partial charge in [-0.1, -0.05) is 24.1 Å². The van der Waals surface area contributed by atoms with Crippen LogP contribution in [0.1, 0.15) is 48.5 Å². The van der Waals surface area contributed by atoms with E-state index < -0.39 is 0 Å². The second-order valence-corrected chi connectivity index (χ2v) is 6.47. The van der Waals surface area contributed by atoms with Crippen molar-refractivity contribution in [3.63, 3.8) is 0 Å². The van der Waals surface area contributed by atoms with Crippen molar-refractivity contribution in [2.75, 3.05) is 0 Å². The monoisotopic (exact) mass is 257 g/mol. The molecule has 2 bridgehead atoms. The van der Waals surface area contributed by atoms with E-state index in [4.69, 9.17) is 0 Å². The Labute approximate surface area is 115 Å². The van der Waals surface area contributed by atoms with Crippen LogP contribution in [0.5, 0.6) is 0 Å². The lowest BCUT2D eigenvalue weighted by molar-refractivity contribution is 0.0915. The van der Waals surface area contributed by atoms with Crippen LogP contribution in [0.2, 0.25) is 0 Å². The number of hydrogen-bond acceptors (Lipinski definition) is 1. The van der Waals surface area contributed by atoms with Crippen molar-refractivity contribution >= 4 is 5.91 Å². The van der Waals surface area contributed by atoms with Crippen LogP contribution in [0.25, 0.3) is 0 Å². The summed E-state index contributed by atoms with van der Waals surface area (Å²) in [7, 11) is 0. The van der Waals surface area contributed by atoms with Gasteiger partial charge in [-0.05, 0) is 63.0 Å². The van der Waals surface area contributed by atoms with E-state index in [-0.39, 0.29) is 5.91 Å². The number of carbonyl (C=O) groups is 1. The lowest BCUT2D eigenvalue weighted by atomic mass is 9.84. The molecule has 2 saturated carbocycles. The van der Waals surface area contributed by atoms with E-state index in [1.165, 1.54) is 25.7 Å². The standard InChI is InChI=1S/C17H23NO/c1-11-4-3-5-15(8-11)17(19)18-12(2)16-10-13-6-7-14(16)9-13/h3-5,8,12-14,16H,6-7,9-10H2,1-2H3,(H,18,19)/t12-,13-,14-,16+/m0/s1. The van der Waals surface area contributed by atoms with Crippen molar-refractivity contribution in [1.29, 1.82) is 0 Å². The molecular weight excluding hydrogens is 234 g/mol. The van der Waals surface area contributed by atoms with Gasteiger partial charge in [0.1, 0.15) is 0 Å².